The molecule has 2 aromatic heterocycles. The van der Waals surface area contributed by atoms with Crippen molar-refractivity contribution in [2.24, 2.45) is 4.99 Å². The molecule has 0 fully saturated rings. The topological polar surface area (TPSA) is 90.7 Å². The average molecular weight is 436 g/mol. The molecule has 0 saturated heterocycles. The van der Waals surface area contributed by atoms with Gasteiger partial charge < -0.3 is 13.6 Å². The maximum Gasteiger partial charge on any atom is 0.342 e. The van der Waals surface area contributed by atoms with Crippen LogP contribution in [0.15, 0.2) is 61.1 Å². The Morgan fingerprint density at radius 1 is 1.06 bits per heavy atom. The van der Waals surface area contributed by atoms with E-state index in [1.807, 2.05) is 50.2 Å². The molecule has 0 aliphatic heterocycles. The van der Waals surface area contributed by atoms with Crippen LogP contribution in [0.5, 0.6) is 5.75 Å². The zero-order chi connectivity index (χ0) is 21.8. The Morgan fingerprint density at radius 2 is 1.94 bits per heavy atom. The van der Waals surface area contributed by atoms with Crippen LogP contribution in [0.4, 0.5) is 6.01 Å². The monoisotopic (exact) mass is 435 g/mol. The molecule has 0 N–H and O–H groups in total. The average Bonchev–Trinajstić information content (AvgIpc) is 3.20. The summed E-state index contributed by atoms with van der Waals surface area (Å²) in [5.74, 6) is 2.41. The Labute approximate surface area is 183 Å². The number of ether oxygens (including phenoxy) is 1. The molecule has 0 saturated carbocycles. The summed E-state index contributed by atoms with van der Waals surface area (Å²) in [7, 11) is 1.64. The van der Waals surface area contributed by atoms with Gasteiger partial charge >= 0.3 is 11.6 Å². The van der Waals surface area contributed by atoms with Gasteiger partial charge in [-0.05, 0) is 60.4 Å². The zero-order valence-corrected chi connectivity index (χ0v) is 18.2. The summed E-state index contributed by atoms with van der Waals surface area (Å²) in [5.41, 5.74) is 4.20. The Bertz CT molecular complexity index is 1310. The van der Waals surface area contributed by atoms with Gasteiger partial charge in [-0.2, -0.15) is 0 Å². The van der Waals surface area contributed by atoms with Gasteiger partial charge in [-0.1, -0.05) is 17.2 Å². The van der Waals surface area contributed by atoms with Crippen LogP contribution in [0, 0.1) is 13.8 Å². The van der Waals surface area contributed by atoms with Gasteiger partial charge in [0.1, 0.15) is 11.3 Å². The highest BCUT2D eigenvalue weighted by Crippen LogP contribution is 2.25. The van der Waals surface area contributed by atoms with E-state index in [0.29, 0.717) is 23.0 Å². The molecule has 0 atom stereocenters. The van der Waals surface area contributed by atoms with Crippen molar-refractivity contribution in [2.75, 3.05) is 7.11 Å². The fourth-order valence-corrected chi connectivity index (χ4v) is 3.96. The van der Waals surface area contributed by atoms with Crippen LogP contribution in [0.25, 0.3) is 11.0 Å². The van der Waals surface area contributed by atoms with Crippen LogP contribution >= 0.6 is 11.8 Å². The standard InChI is InChI=1S/C23H21N3O4S/c1-14-4-7-19-17(10-22(27)29-20(19)8-14)12-31-13-21-25-26-23(30-21)24-11-16-5-6-18(28-3)9-15(16)2/h4-11H,12-13H2,1-3H3/b24-11+. The molecule has 7 nitrogen and oxygen atoms in total. The quantitative estimate of drug-likeness (QED) is 0.298. The van der Waals surface area contributed by atoms with Gasteiger partial charge in [-0.3, -0.25) is 0 Å². The van der Waals surface area contributed by atoms with Crippen molar-refractivity contribution < 1.29 is 13.6 Å². The predicted octanol–water partition coefficient (Wildman–Crippen LogP) is 4.99. The van der Waals surface area contributed by atoms with E-state index in [4.69, 9.17) is 13.6 Å². The molecule has 0 aliphatic carbocycles. The number of aryl methyl sites for hydroxylation is 2. The van der Waals surface area contributed by atoms with Crippen molar-refractivity contribution in [2.45, 2.75) is 25.4 Å². The maximum atomic E-state index is 11.9. The van der Waals surface area contributed by atoms with Crippen molar-refractivity contribution in [3.05, 3.63) is 81.0 Å². The van der Waals surface area contributed by atoms with Crippen LogP contribution < -0.4 is 10.4 Å². The number of aliphatic imine (C=N–C) groups is 1. The highest BCUT2D eigenvalue weighted by molar-refractivity contribution is 7.97. The van der Waals surface area contributed by atoms with E-state index in [2.05, 4.69) is 15.2 Å². The summed E-state index contributed by atoms with van der Waals surface area (Å²) in [6.45, 7) is 3.95. The van der Waals surface area contributed by atoms with E-state index in [9.17, 15) is 4.79 Å². The van der Waals surface area contributed by atoms with E-state index in [1.54, 1.807) is 25.1 Å². The molecule has 0 unspecified atom stereocenters. The Morgan fingerprint density at radius 3 is 2.74 bits per heavy atom. The number of benzene rings is 2. The molecule has 4 aromatic rings. The molecule has 0 radical (unpaired) electrons. The first-order valence-corrected chi connectivity index (χ1v) is 10.8. The molecule has 2 heterocycles. The molecule has 0 spiro atoms. The van der Waals surface area contributed by atoms with Gasteiger partial charge in [0.05, 0.1) is 12.9 Å². The number of hydrogen-bond acceptors (Lipinski definition) is 8. The summed E-state index contributed by atoms with van der Waals surface area (Å²) >= 11 is 1.58. The third-order valence-corrected chi connectivity index (χ3v) is 5.68. The Kier molecular flexibility index (Phi) is 6.18. The lowest BCUT2D eigenvalue weighted by atomic mass is 10.1. The summed E-state index contributed by atoms with van der Waals surface area (Å²) in [6.07, 6.45) is 1.69. The summed E-state index contributed by atoms with van der Waals surface area (Å²) in [6, 6.07) is 13.3. The Balaban J connectivity index is 1.40. The van der Waals surface area contributed by atoms with Crippen molar-refractivity contribution in [1.82, 2.24) is 10.2 Å². The maximum absolute atomic E-state index is 11.9. The number of hydrogen-bond donors (Lipinski definition) is 0. The second-order valence-corrected chi connectivity index (χ2v) is 8.03. The highest BCUT2D eigenvalue weighted by Gasteiger charge is 2.09. The molecule has 8 heteroatoms. The van der Waals surface area contributed by atoms with Crippen LogP contribution in [0.3, 0.4) is 0 Å². The molecule has 0 bridgehead atoms. The van der Waals surface area contributed by atoms with E-state index in [0.717, 1.165) is 33.4 Å². The predicted molar refractivity (Wildman–Crippen MR) is 122 cm³/mol. The van der Waals surface area contributed by atoms with Crippen molar-refractivity contribution in [3.8, 4) is 5.75 Å². The van der Waals surface area contributed by atoms with Crippen molar-refractivity contribution >= 4 is 35.0 Å². The van der Waals surface area contributed by atoms with Gasteiger partial charge in [0.2, 0.25) is 5.89 Å². The minimum Gasteiger partial charge on any atom is -0.497 e. The summed E-state index contributed by atoms with van der Waals surface area (Å²) < 4.78 is 16.1. The number of fused-ring (bicyclic) bond motifs is 1. The van der Waals surface area contributed by atoms with Crippen molar-refractivity contribution in [3.63, 3.8) is 0 Å². The molecular weight excluding hydrogens is 414 g/mol. The first-order valence-electron chi connectivity index (χ1n) is 9.64. The lowest BCUT2D eigenvalue weighted by Crippen LogP contribution is -2.00. The zero-order valence-electron chi connectivity index (χ0n) is 17.4. The number of methoxy groups -OCH3 is 1. The fraction of sp³-hybridized carbons (Fsp3) is 0.217. The third-order valence-electron chi connectivity index (χ3n) is 4.72. The van der Waals surface area contributed by atoms with Crippen LogP contribution in [0.2, 0.25) is 0 Å². The number of nitrogens with zero attached hydrogens (tertiary/aromatic N) is 3. The molecule has 0 aliphatic rings. The molecule has 158 valence electrons. The summed E-state index contributed by atoms with van der Waals surface area (Å²) in [4.78, 5) is 16.1. The van der Waals surface area contributed by atoms with E-state index in [-0.39, 0.29) is 11.6 Å². The van der Waals surface area contributed by atoms with Crippen LogP contribution in [-0.2, 0) is 11.5 Å². The van der Waals surface area contributed by atoms with E-state index >= 15 is 0 Å². The normalized spacial score (nSPS) is 11.5. The second-order valence-electron chi connectivity index (χ2n) is 7.04. The lowest BCUT2D eigenvalue weighted by molar-refractivity contribution is 0.414. The highest BCUT2D eigenvalue weighted by atomic mass is 32.2. The molecule has 2 aromatic carbocycles. The third kappa shape index (κ3) is 5.03. The minimum atomic E-state index is -0.350. The Hall–Kier alpha value is -3.39. The first-order chi connectivity index (χ1) is 15.0. The first kappa shape index (κ1) is 20.9. The minimum absolute atomic E-state index is 0.201. The van der Waals surface area contributed by atoms with E-state index < -0.39 is 0 Å². The lowest BCUT2D eigenvalue weighted by Gasteiger charge is -2.05. The van der Waals surface area contributed by atoms with Gasteiger partial charge in [0.25, 0.3) is 0 Å². The van der Waals surface area contributed by atoms with Crippen LogP contribution in [0.1, 0.15) is 28.1 Å². The SMILES string of the molecule is COc1ccc(/C=N/c2nnc(CSCc3cc(=O)oc4cc(C)ccc34)o2)c(C)c1. The number of thioether (sulfide) groups is 1. The van der Waals surface area contributed by atoms with E-state index in [1.165, 1.54) is 6.07 Å². The van der Waals surface area contributed by atoms with Gasteiger partial charge in [-0.15, -0.1) is 16.9 Å². The van der Waals surface area contributed by atoms with Gasteiger partial charge in [-0.25, -0.2) is 9.79 Å². The van der Waals surface area contributed by atoms with Crippen molar-refractivity contribution in [1.29, 1.82) is 0 Å². The molecule has 31 heavy (non-hydrogen) atoms. The van der Waals surface area contributed by atoms with Crippen LogP contribution in [-0.4, -0.2) is 23.5 Å². The summed E-state index contributed by atoms with van der Waals surface area (Å²) in [5, 5.41) is 8.96. The smallest absolute Gasteiger partial charge is 0.342 e. The largest absolute Gasteiger partial charge is 0.497 e. The number of rotatable bonds is 7. The van der Waals surface area contributed by atoms with Gasteiger partial charge in [0.15, 0.2) is 0 Å². The number of aromatic nitrogens is 2. The molecule has 0 amide bonds. The molecular formula is C23H21N3O4S. The second kappa shape index (κ2) is 9.18. The molecule has 4 rings (SSSR count). The van der Waals surface area contributed by atoms with Gasteiger partial charge in [0, 0.05) is 23.4 Å². The fourth-order valence-electron chi connectivity index (χ4n) is 3.10.